The number of nitrogens with one attached hydrogen (secondary N) is 4. The van der Waals surface area contributed by atoms with Crippen LogP contribution in [0, 0.1) is 0 Å². The molecular weight excluding hydrogens is 296 g/mol. The van der Waals surface area contributed by atoms with Crippen molar-refractivity contribution in [2.24, 2.45) is 0 Å². The van der Waals surface area contributed by atoms with E-state index in [0.717, 1.165) is 52.4 Å². The maximum Gasteiger partial charge on any atom is 4.00 e. The van der Waals surface area contributed by atoms with Gasteiger partial charge in [0.2, 0.25) is 0 Å². The second kappa shape index (κ2) is 49.9. The van der Waals surface area contributed by atoms with E-state index in [1.165, 1.54) is 0 Å². The molecule has 0 unspecified atom stereocenters. The summed E-state index contributed by atoms with van der Waals surface area (Å²) < 4.78 is 0. The van der Waals surface area contributed by atoms with Gasteiger partial charge in [-0.2, -0.15) is 0 Å². The summed E-state index contributed by atoms with van der Waals surface area (Å²) in [5, 5.41) is 12.4. The molecule has 0 rings (SSSR count). The molecule has 21 heavy (non-hydrogen) atoms. The van der Waals surface area contributed by atoms with Crippen molar-refractivity contribution in [3.8, 4) is 0 Å². The molecule has 0 aliphatic rings. The quantitative estimate of drug-likeness (QED) is 0.513. The van der Waals surface area contributed by atoms with Gasteiger partial charge >= 0.3 is 21.7 Å². The van der Waals surface area contributed by atoms with E-state index in [1.807, 2.05) is 0 Å². The predicted octanol–water partition coefficient (Wildman–Crippen LogP) is 2.46. The zero-order chi connectivity index (χ0) is 16.5. The van der Waals surface area contributed by atoms with E-state index < -0.39 is 0 Å². The summed E-state index contributed by atoms with van der Waals surface area (Å²) in [5.41, 5.74) is 0. The Balaban J connectivity index is -0.0000000533. The van der Waals surface area contributed by atoms with Crippen molar-refractivity contribution in [1.82, 2.24) is 21.3 Å². The van der Waals surface area contributed by atoms with Crippen LogP contribution in [0.15, 0.2) is 0 Å². The minimum Gasteiger partial charge on any atom is -0.317 e. The third-order valence-corrected chi connectivity index (χ3v) is 2.00. The Bertz CT molecular complexity index is 74.3. The summed E-state index contributed by atoms with van der Waals surface area (Å²) in [5.74, 6) is 0. The Hall–Kier alpha value is 0.554. The van der Waals surface area contributed by atoms with Crippen molar-refractivity contribution < 1.29 is 21.7 Å². The van der Waals surface area contributed by atoms with Gasteiger partial charge in [0.25, 0.3) is 0 Å². The van der Waals surface area contributed by atoms with Crippen LogP contribution in [-0.2, 0) is 21.7 Å². The Labute approximate surface area is 150 Å². The second-order valence-corrected chi connectivity index (χ2v) is 3.83. The summed E-state index contributed by atoms with van der Waals surface area (Å²) in [6, 6.07) is 0. The van der Waals surface area contributed by atoms with E-state index in [9.17, 15) is 0 Å². The predicted molar refractivity (Wildman–Crippen MR) is 96.9 cm³/mol. The number of hydrogen-bond acceptors (Lipinski definition) is 4. The standard InChI is InChI=1S/4C4H11N.Ti/c4*1-3-5-4-2;/h4*5H,3-4H2,1-2H3;/q;;;;+4. The minimum atomic E-state index is 0. The average Bonchev–Trinajstić information content (AvgIpc) is 2.44. The fraction of sp³-hybridized carbons (Fsp3) is 1.00. The Morgan fingerprint density at radius 2 is 0.429 bits per heavy atom. The van der Waals surface area contributed by atoms with Crippen molar-refractivity contribution >= 4 is 0 Å². The number of rotatable bonds is 8. The van der Waals surface area contributed by atoms with Gasteiger partial charge in [-0.05, 0) is 52.4 Å². The molecule has 0 saturated heterocycles. The van der Waals surface area contributed by atoms with Crippen molar-refractivity contribution in [3.63, 3.8) is 0 Å². The van der Waals surface area contributed by atoms with Crippen molar-refractivity contribution in [2.75, 3.05) is 52.4 Å². The van der Waals surface area contributed by atoms with Gasteiger partial charge in [-0.1, -0.05) is 55.4 Å². The molecule has 0 fully saturated rings. The van der Waals surface area contributed by atoms with Crippen LogP contribution in [0.25, 0.3) is 0 Å². The van der Waals surface area contributed by atoms with Crippen LogP contribution in [0.5, 0.6) is 0 Å². The smallest absolute Gasteiger partial charge is 0.317 e. The first-order chi connectivity index (χ1) is 9.66. The summed E-state index contributed by atoms with van der Waals surface area (Å²) >= 11 is 0. The molecule has 0 aromatic heterocycles. The molecule has 0 aliphatic carbocycles. The Morgan fingerprint density at radius 1 is 0.333 bits per heavy atom. The van der Waals surface area contributed by atoms with Gasteiger partial charge in [-0.25, -0.2) is 0 Å². The third kappa shape index (κ3) is 96.7. The summed E-state index contributed by atoms with van der Waals surface area (Å²) in [6.45, 7) is 25.6. The first-order valence-electron chi connectivity index (χ1n) is 8.49. The third-order valence-electron chi connectivity index (χ3n) is 2.00. The van der Waals surface area contributed by atoms with Crippen LogP contribution in [0.2, 0.25) is 0 Å². The van der Waals surface area contributed by atoms with E-state index in [4.69, 9.17) is 0 Å². The molecule has 0 aliphatic heterocycles. The molecule has 0 amide bonds. The van der Waals surface area contributed by atoms with Crippen molar-refractivity contribution in [1.29, 1.82) is 0 Å². The summed E-state index contributed by atoms with van der Waals surface area (Å²) in [6.07, 6.45) is 0. The van der Waals surface area contributed by atoms with Gasteiger partial charge in [0.15, 0.2) is 0 Å². The normalized spacial score (nSPS) is 8.00. The van der Waals surface area contributed by atoms with Gasteiger partial charge in [-0.15, -0.1) is 0 Å². The topological polar surface area (TPSA) is 48.1 Å². The molecule has 4 nitrogen and oxygen atoms in total. The van der Waals surface area contributed by atoms with Gasteiger partial charge in [0.05, 0.1) is 0 Å². The minimum absolute atomic E-state index is 0. The SMILES string of the molecule is CCNCC.CCNCC.CCNCC.CCNCC.[Ti+4]. The molecule has 0 atom stereocenters. The molecule has 0 aromatic carbocycles. The van der Waals surface area contributed by atoms with Crippen LogP contribution in [0.3, 0.4) is 0 Å². The molecular formula is C16H44N4Ti+4. The van der Waals surface area contributed by atoms with E-state index in [0.29, 0.717) is 0 Å². The zero-order valence-electron chi connectivity index (χ0n) is 16.2. The Morgan fingerprint density at radius 3 is 0.429 bits per heavy atom. The van der Waals surface area contributed by atoms with E-state index in [1.54, 1.807) is 0 Å². The fourth-order valence-electron chi connectivity index (χ4n) is 1.000. The molecule has 0 spiro atoms. The molecule has 0 radical (unpaired) electrons. The van der Waals surface area contributed by atoms with Crippen LogP contribution in [-0.4, -0.2) is 52.4 Å². The first-order valence-corrected chi connectivity index (χ1v) is 8.49. The molecule has 0 bridgehead atoms. The van der Waals surface area contributed by atoms with Crippen LogP contribution in [0.4, 0.5) is 0 Å². The molecule has 0 heterocycles. The molecule has 0 saturated carbocycles. The monoisotopic (exact) mass is 340 g/mol. The summed E-state index contributed by atoms with van der Waals surface area (Å²) in [4.78, 5) is 0. The van der Waals surface area contributed by atoms with E-state index >= 15 is 0 Å². The van der Waals surface area contributed by atoms with Gasteiger partial charge in [0, 0.05) is 0 Å². The maximum atomic E-state index is 3.11. The van der Waals surface area contributed by atoms with Crippen LogP contribution in [0.1, 0.15) is 55.4 Å². The molecule has 4 N–H and O–H groups in total. The molecule has 5 heteroatoms. The summed E-state index contributed by atoms with van der Waals surface area (Å²) in [7, 11) is 0. The van der Waals surface area contributed by atoms with Crippen LogP contribution < -0.4 is 21.3 Å². The fourth-order valence-corrected chi connectivity index (χ4v) is 1.000. The van der Waals surface area contributed by atoms with Gasteiger partial charge in [-0.3, -0.25) is 0 Å². The second-order valence-electron chi connectivity index (χ2n) is 3.83. The first kappa shape index (κ1) is 33.2. The Kier molecular flexibility index (Phi) is 78.9. The van der Waals surface area contributed by atoms with Gasteiger partial charge in [0.1, 0.15) is 0 Å². The van der Waals surface area contributed by atoms with Crippen LogP contribution >= 0.6 is 0 Å². The number of hydrogen-bond donors (Lipinski definition) is 4. The largest absolute Gasteiger partial charge is 4.00 e. The molecule has 0 aromatic rings. The van der Waals surface area contributed by atoms with E-state index in [-0.39, 0.29) is 21.7 Å². The van der Waals surface area contributed by atoms with Crippen molar-refractivity contribution in [2.45, 2.75) is 55.4 Å². The zero-order valence-corrected chi connectivity index (χ0v) is 17.7. The average molecular weight is 340 g/mol. The van der Waals surface area contributed by atoms with E-state index in [2.05, 4.69) is 76.7 Å². The van der Waals surface area contributed by atoms with Gasteiger partial charge < -0.3 is 21.3 Å². The maximum absolute atomic E-state index is 3.11. The molecule has 128 valence electrons. The van der Waals surface area contributed by atoms with Crippen molar-refractivity contribution in [3.05, 3.63) is 0 Å².